The van der Waals surface area contributed by atoms with Crippen molar-refractivity contribution in [2.75, 3.05) is 5.73 Å². The number of hydrogen-bond acceptors (Lipinski definition) is 3. The fourth-order valence-electron chi connectivity index (χ4n) is 0.685. The molecular weight excluding hydrogens is 126 g/mol. The summed E-state index contributed by atoms with van der Waals surface area (Å²) in [6.07, 6.45) is 1.62. The minimum Gasteiger partial charge on any atom is -0.396 e. The second-order valence-corrected chi connectivity index (χ2v) is 2.06. The maximum Gasteiger partial charge on any atom is 0.163 e. The number of hydrogen-bond donors (Lipinski definition) is 1. The first-order chi connectivity index (χ1) is 4.74. The summed E-state index contributed by atoms with van der Waals surface area (Å²) < 4.78 is 0. The van der Waals surface area contributed by atoms with Crippen molar-refractivity contribution >= 4 is 5.69 Å². The number of anilines is 1. The minimum atomic E-state index is 0.297. The van der Waals surface area contributed by atoms with Crippen LogP contribution in [-0.4, -0.2) is 4.98 Å². The third kappa shape index (κ3) is 1.06. The molecule has 10 heavy (non-hydrogen) atoms. The lowest BCUT2D eigenvalue weighted by molar-refractivity contribution is 1.23. The zero-order chi connectivity index (χ0) is 7.56. The van der Waals surface area contributed by atoms with Gasteiger partial charge in [-0.15, -0.1) is 0 Å². The Balaban J connectivity index is 3.23. The van der Waals surface area contributed by atoms with E-state index >= 15 is 0 Å². The van der Waals surface area contributed by atoms with Gasteiger partial charge in [0.15, 0.2) is 5.69 Å². The van der Waals surface area contributed by atoms with Crippen LogP contribution in [-0.2, 0) is 0 Å². The third-order valence-electron chi connectivity index (χ3n) is 1.16. The van der Waals surface area contributed by atoms with Crippen LogP contribution in [0.2, 0.25) is 0 Å². The van der Waals surface area contributed by atoms with Crippen molar-refractivity contribution in [3.8, 4) is 6.07 Å². The summed E-state index contributed by atoms with van der Waals surface area (Å²) in [5, 5.41) is 8.42. The average molecular weight is 133 g/mol. The number of nitrogens with two attached hydrogens (primary N) is 1. The molecule has 0 saturated carbocycles. The van der Waals surface area contributed by atoms with Crippen LogP contribution in [0.15, 0.2) is 12.3 Å². The van der Waals surface area contributed by atoms with Crippen LogP contribution in [0, 0.1) is 18.3 Å². The van der Waals surface area contributed by atoms with Crippen LogP contribution in [0.25, 0.3) is 0 Å². The van der Waals surface area contributed by atoms with Gasteiger partial charge in [-0.3, -0.25) is 0 Å². The minimum absolute atomic E-state index is 0.297. The highest BCUT2D eigenvalue weighted by Crippen LogP contribution is 2.07. The van der Waals surface area contributed by atoms with E-state index in [1.54, 1.807) is 12.3 Å². The molecule has 1 rings (SSSR count). The molecule has 0 amide bonds. The molecule has 0 saturated heterocycles. The largest absolute Gasteiger partial charge is 0.396 e. The summed E-state index contributed by atoms with van der Waals surface area (Å²) in [7, 11) is 0. The summed E-state index contributed by atoms with van der Waals surface area (Å²) in [4.78, 5) is 3.81. The average Bonchev–Trinajstić information content (AvgIpc) is 1.88. The third-order valence-corrected chi connectivity index (χ3v) is 1.16. The molecule has 0 unspecified atom stereocenters. The van der Waals surface area contributed by atoms with Gasteiger partial charge in [-0.2, -0.15) is 5.26 Å². The van der Waals surface area contributed by atoms with Gasteiger partial charge >= 0.3 is 0 Å². The maximum absolute atomic E-state index is 8.42. The van der Waals surface area contributed by atoms with E-state index in [4.69, 9.17) is 11.0 Å². The van der Waals surface area contributed by atoms with Gasteiger partial charge in [0.25, 0.3) is 0 Å². The number of pyridine rings is 1. The zero-order valence-electron chi connectivity index (χ0n) is 5.63. The van der Waals surface area contributed by atoms with Crippen molar-refractivity contribution in [1.82, 2.24) is 4.98 Å². The van der Waals surface area contributed by atoms with Crippen molar-refractivity contribution in [2.24, 2.45) is 0 Å². The molecule has 0 aliphatic heterocycles. The predicted octanol–water partition coefficient (Wildman–Crippen LogP) is 0.844. The summed E-state index contributed by atoms with van der Waals surface area (Å²) in [6.45, 7) is 1.88. The Bertz CT molecular complexity index is 285. The van der Waals surface area contributed by atoms with Gasteiger partial charge in [0, 0.05) is 6.20 Å². The normalized spacial score (nSPS) is 8.80. The molecule has 0 fully saturated rings. The number of nitrogens with zero attached hydrogens (tertiary/aromatic N) is 2. The topological polar surface area (TPSA) is 62.7 Å². The Labute approximate surface area is 59.1 Å². The Hall–Kier alpha value is -1.56. The van der Waals surface area contributed by atoms with Crippen LogP contribution in [0.4, 0.5) is 5.69 Å². The van der Waals surface area contributed by atoms with Gasteiger partial charge in [0.2, 0.25) is 0 Å². The summed E-state index contributed by atoms with van der Waals surface area (Å²) in [5.41, 5.74) is 7.16. The van der Waals surface area contributed by atoms with Gasteiger partial charge in [0.1, 0.15) is 6.07 Å². The molecule has 0 radical (unpaired) electrons. The van der Waals surface area contributed by atoms with Gasteiger partial charge in [-0.25, -0.2) is 4.98 Å². The maximum atomic E-state index is 8.42. The quantitative estimate of drug-likeness (QED) is 0.570. The van der Waals surface area contributed by atoms with E-state index in [9.17, 15) is 0 Å². The highest BCUT2D eigenvalue weighted by molar-refractivity contribution is 5.50. The van der Waals surface area contributed by atoms with Gasteiger partial charge in [-0.1, -0.05) is 0 Å². The van der Waals surface area contributed by atoms with E-state index in [2.05, 4.69) is 4.98 Å². The molecule has 3 heteroatoms. The Morgan fingerprint density at radius 3 is 2.90 bits per heavy atom. The van der Waals surface area contributed by atoms with Crippen molar-refractivity contribution < 1.29 is 0 Å². The fourth-order valence-corrected chi connectivity index (χ4v) is 0.685. The van der Waals surface area contributed by atoms with Crippen LogP contribution in [0.3, 0.4) is 0 Å². The SMILES string of the molecule is Cc1cnc(C#N)c(N)c1. The summed E-state index contributed by atoms with van der Waals surface area (Å²) in [5.74, 6) is 0. The molecule has 2 N–H and O–H groups in total. The first kappa shape index (κ1) is 6.56. The Kier molecular flexibility index (Phi) is 1.55. The van der Waals surface area contributed by atoms with Crippen LogP contribution >= 0.6 is 0 Å². The molecule has 1 aromatic rings. The van der Waals surface area contributed by atoms with Crippen molar-refractivity contribution in [1.29, 1.82) is 5.26 Å². The first-order valence-corrected chi connectivity index (χ1v) is 2.86. The van der Waals surface area contributed by atoms with E-state index in [0.717, 1.165) is 5.56 Å². The molecule has 3 nitrogen and oxygen atoms in total. The highest BCUT2D eigenvalue weighted by atomic mass is 14.7. The van der Waals surface area contributed by atoms with Gasteiger partial charge in [-0.05, 0) is 18.6 Å². The lowest BCUT2D eigenvalue weighted by Crippen LogP contribution is -1.93. The molecular formula is C7H7N3. The molecule has 0 spiro atoms. The van der Waals surface area contributed by atoms with Crippen LogP contribution in [0.5, 0.6) is 0 Å². The molecule has 50 valence electrons. The first-order valence-electron chi connectivity index (χ1n) is 2.86. The van der Waals surface area contributed by atoms with E-state index in [1.165, 1.54) is 0 Å². The fraction of sp³-hybridized carbons (Fsp3) is 0.143. The Morgan fingerprint density at radius 1 is 1.70 bits per heavy atom. The number of nitrogen functional groups attached to an aromatic ring is 1. The zero-order valence-corrected chi connectivity index (χ0v) is 5.63. The molecule has 0 atom stereocenters. The predicted molar refractivity (Wildman–Crippen MR) is 38.1 cm³/mol. The summed E-state index contributed by atoms with van der Waals surface area (Å²) >= 11 is 0. The second-order valence-electron chi connectivity index (χ2n) is 2.06. The molecule has 0 aromatic carbocycles. The smallest absolute Gasteiger partial charge is 0.163 e. The van der Waals surface area contributed by atoms with Crippen molar-refractivity contribution in [2.45, 2.75) is 6.92 Å². The second kappa shape index (κ2) is 2.36. The van der Waals surface area contributed by atoms with E-state index in [0.29, 0.717) is 11.4 Å². The molecule has 0 bridgehead atoms. The lowest BCUT2D eigenvalue weighted by Gasteiger charge is -1.95. The van der Waals surface area contributed by atoms with Crippen LogP contribution < -0.4 is 5.73 Å². The molecule has 0 aliphatic rings. The molecule has 1 aromatic heterocycles. The number of nitriles is 1. The van der Waals surface area contributed by atoms with Crippen LogP contribution in [0.1, 0.15) is 11.3 Å². The molecule has 1 heterocycles. The highest BCUT2D eigenvalue weighted by Gasteiger charge is 1.96. The number of aromatic nitrogens is 1. The lowest BCUT2D eigenvalue weighted by atomic mass is 10.2. The van der Waals surface area contributed by atoms with Gasteiger partial charge in [0.05, 0.1) is 5.69 Å². The monoisotopic (exact) mass is 133 g/mol. The summed E-state index contributed by atoms with van der Waals surface area (Å²) in [6, 6.07) is 3.61. The van der Waals surface area contributed by atoms with Gasteiger partial charge < -0.3 is 5.73 Å². The standard InChI is InChI=1S/C7H7N3/c1-5-2-6(9)7(3-8)10-4-5/h2,4H,9H2,1H3. The van der Waals surface area contributed by atoms with E-state index in [1.807, 2.05) is 13.0 Å². The Morgan fingerprint density at radius 2 is 2.40 bits per heavy atom. The van der Waals surface area contributed by atoms with Crippen molar-refractivity contribution in [3.63, 3.8) is 0 Å². The molecule has 0 aliphatic carbocycles. The van der Waals surface area contributed by atoms with E-state index in [-0.39, 0.29) is 0 Å². The number of aryl methyl sites for hydroxylation is 1. The number of rotatable bonds is 0. The van der Waals surface area contributed by atoms with Crippen molar-refractivity contribution in [3.05, 3.63) is 23.5 Å². The van der Waals surface area contributed by atoms with E-state index < -0.39 is 0 Å².